The summed E-state index contributed by atoms with van der Waals surface area (Å²) < 4.78 is 4.47. The van der Waals surface area contributed by atoms with Crippen molar-refractivity contribution in [2.75, 3.05) is 20.2 Å². The summed E-state index contributed by atoms with van der Waals surface area (Å²) in [6, 6.07) is 2.65. The molecule has 1 aromatic heterocycles. The van der Waals surface area contributed by atoms with Gasteiger partial charge in [-0.2, -0.15) is 0 Å². The number of nitro groups is 1. The van der Waals surface area contributed by atoms with Gasteiger partial charge in [0.1, 0.15) is 6.54 Å². The number of methoxy groups -OCH3 is 1. The van der Waals surface area contributed by atoms with Crippen LogP contribution >= 0.6 is 11.3 Å². The fraction of sp³-hybridized carbons (Fsp3) is 0.400. The number of carbonyl (C=O) groups is 2. The van der Waals surface area contributed by atoms with Crippen LogP contribution in [-0.4, -0.2) is 41.9 Å². The van der Waals surface area contributed by atoms with Crippen molar-refractivity contribution in [2.24, 2.45) is 0 Å². The summed E-state index contributed by atoms with van der Waals surface area (Å²) in [6.45, 7) is 1.86. The lowest BCUT2D eigenvalue weighted by molar-refractivity contribution is -0.380. The lowest BCUT2D eigenvalue weighted by Gasteiger charge is -2.18. The number of carbonyl (C=O) groups excluding carboxylic acids is 2. The van der Waals surface area contributed by atoms with Crippen LogP contribution in [0.15, 0.2) is 12.1 Å². The van der Waals surface area contributed by atoms with Gasteiger partial charge < -0.3 is 9.64 Å². The molecule has 0 radical (unpaired) electrons. The molecule has 0 aliphatic heterocycles. The Hall–Kier alpha value is -1.96. The third-order valence-electron chi connectivity index (χ3n) is 2.20. The molecule has 0 saturated heterocycles. The van der Waals surface area contributed by atoms with Crippen molar-refractivity contribution in [1.82, 2.24) is 4.90 Å². The van der Waals surface area contributed by atoms with Gasteiger partial charge in [-0.25, -0.2) is 0 Å². The van der Waals surface area contributed by atoms with Gasteiger partial charge in [0.05, 0.1) is 16.9 Å². The molecule has 0 spiro atoms. The van der Waals surface area contributed by atoms with Crippen molar-refractivity contribution >= 4 is 28.2 Å². The molecule has 0 atom stereocenters. The summed E-state index contributed by atoms with van der Waals surface area (Å²) in [5.41, 5.74) is 0. The van der Waals surface area contributed by atoms with E-state index in [1.54, 1.807) is 6.92 Å². The standard InChI is InChI=1S/C10H12N2O5S/c1-3-11(6-9(13)17-2)10(14)7-4-5-8(18-7)12(15)16/h4-5H,3,6H2,1-2H3. The van der Waals surface area contributed by atoms with E-state index in [9.17, 15) is 19.7 Å². The summed E-state index contributed by atoms with van der Waals surface area (Å²) >= 11 is 0.785. The number of hydrogen-bond donors (Lipinski definition) is 0. The largest absolute Gasteiger partial charge is 0.468 e. The minimum Gasteiger partial charge on any atom is -0.468 e. The smallest absolute Gasteiger partial charge is 0.325 e. The Kier molecular flexibility index (Phi) is 4.78. The highest BCUT2D eigenvalue weighted by molar-refractivity contribution is 7.17. The fourth-order valence-electron chi connectivity index (χ4n) is 1.24. The van der Waals surface area contributed by atoms with Crippen molar-refractivity contribution < 1.29 is 19.2 Å². The van der Waals surface area contributed by atoms with E-state index >= 15 is 0 Å². The molecule has 0 fully saturated rings. The van der Waals surface area contributed by atoms with Crippen molar-refractivity contribution in [3.63, 3.8) is 0 Å². The van der Waals surface area contributed by atoms with Crippen LogP contribution in [0, 0.1) is 10.1 Å². The van der Waals surface area contributed by atoms with E-state index in [1.165, 1.54) is 24.1 Å². The van der Waals surface area contributed by atoms with E-state index in [2.05, 4.69) is 4.74 Å². The molecule has 98 valence electrons. The van der Waals surface area contributed by atoms with E-state index in [4.69, 9.17) is 0 Å². The number of ether oxygens (including phenoxy) is 1. The molecule has 18 heavy (non-hydrogen) atoms. The molecule has 7 nitrogen and oxygen atoms in total. The summed E-state index contributed by atoms with van der Waals surface area (Å²) in [6.07, 6.45) is 0. The molecule has 8 heteroatoms. The first-order valence-corrected chi connectivity index (χ1v) is 5.91. The van der Waals surface area contributed by atoms with E-state index in [0.29, 0.717) is 6.54 Å². The number of amides is 1. The number of thiophene rings is 1. The van der Waals surface area contributed by atoms with Gasteiger partial charge in [0.2, 0.25) is 0 Å². The third kappa shape index (κ3) is 3.27. The molecule has 0 aliphatic carbocycles. The molecule has 1 amide bonds. The van der Waals surface area contributed by atoms with Crippen LogP contribution in [0.1, 0.15) is 16.6 Å². The second-order valence-corrected chi connectivity index (χ2v) is 4.35. The maximum atomic E-state index is 12.0. The quantitative estimate of drug-likeness (QED) is 0.457. The first-order valence-electron chi connectivity index (χ1n) is 5.10. The van der Waals surface area contributed by atoms with Gasteiger partial charge in [-0.15, -0.1) is 0 Å². The van der Waals surface area contributed by atoms with E-state index in [1.807, 2.05) is 0 Å². The Morgan fingerprint density at radius 1 is 1.50 bits per heavy atom. The second kappa shape index (κ2) is 6.10. The van der Waals surface area contributed by atoms with Crippen LogP contribution in [0.25, 0.3) is 0 Å². The van der Waals surface area contributed by atoms with Crippen LogP contribution in [-0.2, 0) is 9.53 Å². The van der Waals surface area contributed by atoms with Crippen molar-refractivity contribution in [1.29, 1.82) is 0 Å². The van der Waals surface area contributed by atoms with Gasteiger partial charge >= 0.3 is 11.0 Å². The van der Waals surface area contributed by atoms with Crippen LogP contribution in [0.4, 0.5) is 5.00 Å². The molecule has 0 bridgehead atoms. The van der Waals surface area contributed by atoms with Crippen LogP contribution in [0.5, 0.6) is 0 Å². The highest BCUT2D eigenvalue weighted by atomic mass is 32.1. The Morgan fingerprint density at radius 3 is 2.61 bits per heavy atom. The number of nitrogens with zero attached hydrogens (tertiary/aromatic N) is 2. The predicted octanol–water partition coefficient (Wildman–Crippen LogP) is 1.29. The molecule has 0 aliphatic rings. The monoisotopic (exact) mass is 272 g/mol. The predicted molar refractivity (Wildman–Crippen MR) is 64.6 cm³/mol. The van der Waals surface area contributed by atoms with Gasteiger partial charge in [0.25, 0.3) is 5.91 Å². The normalized spacial score (nSPS) is 9.89. The first kappa shape index (κ1) is 14.1. The van der Waals surface area contributed by atoms with Gasteiger partial charge in [0, 0.05) is 12.6 Å². The highest BCUT2D eigenvalue weighted by Gasteiger charge is 2.21. The Morgan fingerprint density at radius 2 is 2.17 bits per heavy atom. The molecule has 0 unspecified atom stereocenters. The lowest BCUT2D eigenvalue weighted by atomic mass is 10.4. The average Bonchev–Trinajstić information content (AvgIpc) is 2.84. The molecule has 1 rings (SSSR count). The van der Waals surface area contributed by atoms with Crippen molar-refractivity contribution in [2.45, 2.75) is 6.92 Å². The van der Waals surface area contributed by atoms with E-state index < -0.39 is 16.8 Å². The third-order valence-corrected chi connectivity index (χ3v) is 3.22. The fourth-order valence-corrected chi connectivity index (χ4v) is 2.03. The average molecular weight is 272 g/mol. The van der Waals surface area contributed by atoms with E-state index in [-0.39, 0.29) is 16.4 Å². The Balaban J connectivity index is 2.82. The zero-order valence-corrected chi connectivity index (χ0v) is 10.7. The van der Waals surface area contributed by atoms with Crippen LogP contribution < -0.4 is 0 Å². The molecule has 0 aromatic carbocycles. The minimum absolute atomic E-state index is 0.104. The topological polar surface area (TPSA) is 89.8 Å². The summed E-state index contributed by atoms with van der Waals surface area (Å²) in [7, 11) is 1.23. The lowest BCUT2D eigenvalue weighted by Crippen LogP contribution is -2.35. The molecular weight excluding hydrogens is 260 g/mol. The Bertz CT molecular complexity index is 471. The van der Waals surface area contributed by atoms with Crippen LogP contribution in [0.2, 0.25) is 0 Å². The van der Waals surface area contributed by atoms with Crippen LogP contribution in [0.3, 0.4) is 0 Å². The number of esters is 1. The summed E-state index contributed by atoms with van der Waals surface area (Å²) in [4.78, 5) is 34.5. The van der Waals surface area contributed by atoms with Gasteiger partial charge in [0.15, 0.2) is 0 Å². The zero-order valence-electron chi connectivity index (χ0n) is 9.91. The van der Waals surface area contributed by atoms with Gasteiger partial charge in [-0.3, -0.25) is 19.7 Å². The highest BCUT2D eigenvalue weighted by Crippen LogP contribution is 2.24. The zero-order chi connectivity index (χ0) is 13.7. The minimum atomic E-state index is -0.558. The SMILES string of the molecule is CCN(CC(=O)OC)C(=O)c1ccc([N+](=O)[O-])s1. The van der Waals surface area contributed by atoms with Crippen molar-refractivity contribution in [3.05, 3.63) is 27.1 Å². The number of rotatable bonds is 5. The van der Waals surface area contributed by atoms with E-state index in [0.717, 1.165) is 11.3 Å². The maximum Gasteiger partial charge on any atom is 0.325 e. The van der Waals surface area contributed by atoms with Gasteiger partial charge in [-0.1, -0.05) is 11.3 Å². The number of likely N-dealkylation sites (N-methyl/N-ethyl adjacent to an activating group) is 1. The molecule has 1 aromatic rings. The maximum absolute atomic E-state index is 12.0. The number of hydrogen-bond acceptors (Lipinski definition) is 6. The second-order valence-electron chi connectivity index (χ2n) is 3.29. The molecular formula is C10H12N2O5S. The van der Waals surface area contributed by atoms with Crippen molar-refractivity contribution in [3.8, 4) is 0 Å². The summed E-state index contributed by atoms with van der Waals surface area (Å²) in [5.74, 6) is -0.947. The van der Waals surface area contributed by atoms with Gasteiger partial charge in [-0.05, 0) is 13.0 Å². The summed E-state index contributed by atoms with van der Waals surface area (Å²) in [5, 5.41) is 10.4. The molecule has 1 heterocycles. The first-order chi connectivity index (χ1) is 8.49. The Labute approximate surface area is 107 Å². The molecule has 0 N–H and O–H groups in total. The molecule has 0 saturated carbocycles.